The molecule has 0 bridgehead atoms. The molecule has 1 aromatic carbocycles. The number of benzene rings is 1. The molecule has 1 fully saturated rings. The van der Waals surface area contributed by atoms with Gasteiger partial charge in [-0.2, -0.15) is 0 Å². The molecule has 2 heteroatoms. The van der Waals surface area contributed by atoms with Gasteiger partial charge in [0.25, 0.3) is 0 Å². The zero-order valence-electron chi connectivity index (χ0n) is 10.4. The van der Waals surface area contributed by atoms with Crippen molar-refractivity contribution in [3.05, 3.63) is 30.3 Å². The molecule has 1 atom stereocenters. The number of piperidine rings is 1. The van der Waals surface area contributed by atoms with Crippen molar-refractivity contribution in [3.63, 3.8) is 0 Å². The minimum atomic E-state index is 0.419. The minimum absolute atomic E-state index is 0.419. The first-order chi connectivity index (χ1) is 7.70. The first kappa shape index (κ1) is 11.5. The van der Waals surface area contributed by atoms with Gasteiger partial charge in [-0.25, -0.2) is 0 Å². The summed E-state index contributed by atoms with van der Waals surface area (Å²) in [5.74, 6) is 0. The Labute approximate surface area is 98.7 Å². The average molecular weight is 218 g/mol. The largest absolute Gasteiger partial charge is 0.374 e. The molecule has 88 valence electrons. The van der Waals surface area contributed by atoms with E-state index in [0.29, 0.717) is 5.41 Å². The Balaban J connectivity index is 1.98. The van der Waals surface area contributed by atoms with E-state index in [-0.39, 0.29) is 0 Å². The molecular formula is C14H22N2. The molecule has 1 aromatic rings. The van der Waals surface area contributed by atoms with Crippen LogP contribution in [0.15, 0.2) is 30.3 Å². The number of nitrogens with zero attached hydrogens (tertiary/aromatic N) is 1. The van der Waals surface area contributed by atoms with E-state index in [4.69, 9.17) is 0 Å². The lowest BCUT2D eigenvalue weighted by molar-refractivity contribution is 0.243. The van der Waals surface area contributed by atoms with Gasteiger partial charge in [0.2, 0.25) is 0 Å². The minimum Gasteiger partial charge on any atom is -0.374 e. The van der Waals surface area contributed by atoms with Crippen LogP contribution in [0.1, 0.15) is 19.8 Å². The molecule has 0 spiro atoms. The molecule has 16 heavy (non-hydrogen) atoms. The van der Waals surface area contributed by atoms with Crippen LogP contribution in [0.5, 0.6) is 0 Å². The monoisotopic (exact) mass is 218 g/mol. The van der Waals surface area contributed by atoms with Gasteiger partial charge in [-0.3, -0.25) is 0 Å². The highest BCUT2D eigenvalue weighted by Gasteiger charge is 2.27. The summed E-state index contributed by atoms with van der Waals surface area (Å²) in [6.07, 6.45) is 2.64. The lowest BCUT2D eigenvalue weighted by atomic mass is 9.82. The predicted octanol–water partition coefficient (Wildman–Crippen LogP) is 2.51. The summed E-state index contributed by atoms with van der Waals surface area (Å²) in [7, 11) is 2.19. The fraction of sp³-hybridized carbons (Fsp3) is 0.571. The summed E-state index contributed by atoms with van der Waals surface area (Å²) in [4.78, 5) is 2.37. The fourth-order valence-electron chi connectivity index (χ4n) is 2.60. The summed E-state index contributed by atoms with van der Waals surface area (Å²) < 4.78 is 0. The van der Waals surface area contributed by atoms with Crippen molar-refractivity contribution in [2.24, 2.45) is 5.41 Å². The van der Waals surface area contributed by atoms with Crippen molar-refractivity contribution in [2.75, 3.05) is 31.6 Å². The zero-order valence-corrected chi connectivity index (χ0v) is 10.4. The molecule has 1 aliphatic heterocycles. The van der Waals surface area contributed by atoms with Gasteiger partial charge in [0.15, 0.2) is 0 Å². The van der Waals surface area contributed by atoms with Crippen LogP contribution in [-0.4, -0.2) is 26.7 Å². The van der Waals surface area contributed by atoms with Crippen molar-refractivity contribution in [3.8, 4) is 0 Å². The number of hydrogen-bond acceptors (Lipinski definition) is 2. The Morgan fingerprint density at radius 1 is 1.31 bits per heavy atom. The van der Waals surface area contributed by atoms with E-state index in [1.807, 2.05) is 0 Å². The summed E-state index contributed by atoms with van der Waals surface area (Å²) in [5, 5.41) is 3.51. The molecule has 0 radical (unpaired) electrons. The van der Waals surface area contributed by atoms with Crippen LogP contribution >= 0.6 is 0 Å². The molecule has 1 saturated heterocycles. The van der Waals surface area contributed by atoms with Crippen LogP contribution < -0.4 is 10.2 Å². The molecule has 1 N–H and O–H groups in total. The van der Waals surface area contributed by atoms with Crippen LogP contribution in [0, 0.1) is 5.41 Å². The molecule has 0 aromatic heterocycles. The van der Waals surface area contributed by atoms with Gasteiger partial charge in [-0.1, -0.05) is 25.1 Å². The van der Waals surface area contributed by atoms with E-state index in [0.717, 1.165) is 13.1 Å². The number of hydrogen-bond donors (Lipinski definition) is 1. The van der Waals surface area contributed by atoms with Crippen LogP contribution in [-0.2, 0) is 0 Å². The third-order valence-electron chi connectivity index (χ3n) is 3.50. The highest BCUT2D eigenvalue weighted by Crippen LogP contribution is 2.27. The highest BCUT2D eigenvalue weighted by molar-refractivity contribution is 5.45. The predicted molar refractivity (Wildman–Crippen MR) is 69.9 cm³/mol. The Hall–Kier alpha value is -1.02. The maximum absolute atomic E-state index is 3.51. The number of nitrogens with one attached hydrogen (secondary N) is 1. The van der Waals surface area contributed by atoms with Gasteiger partial charge >= 0.3 is 0 Å². The second kappa shape index (κ2) is 4.88. The van der Waals surface area contributed by atoms with Crippen molar-refractivity contribution in [1.82, 2.24) is 5.32 Å². The quantitative estimate of drug-likeness (QED) is 0.838. The van der Waals surface area contributed by atoms with Gasteiger partial charge in [0, 0.05) is 25.8 Å². The smallest absolute Gasteiger partial charge is 0.0363 e. The maximum atomic E-state index is 3.51. The van der Waals surface area contributed by atoms with E-state index in [2.05, 4.69) is 54.5 Å². The third kappa shape index (κ3) is 2.76. The summed E-state index contributed by atoms with van der Waals surface area (Å²) in [6, 6.07) is 10.6. The van der Waals surface area contributed by atoms with Gasteiger partial charge in [0.05, 0.1) is 0 Å². The molecule has 2 rings (SSSR count). The van der Waals surface area contributed by atoms with Gasteiger partial charge in [-0.05, 0) is 36.9 Å². The topological polar surface area (TPSA) is 15.3 Å². The Kier molecular flexibility index (Phi) is 3.49. The van der Waals surface area contributed by atoms with Crippen molar-refractivity contribution in [1.29, 1.82) is 0 Å². The van der Waals surface area contributed by atoms with Crippen LogP contribution in [0.2, 0.25) is 0 Å². The summed E-state index contributed by atoms with van der Waals surface area (Å²) in [6.45, 7) is 5.84. The van der Waals surface area contributed by atoms with E-state index in [9.17, 15) is 0 Å². The fourth-order valence-corrected chi connectivity index (χ4v) is 2.60. The van der Waals surface area contributed by atoms with Crippen molar-refractivity contribution < 1.29 is 0 Å². The number of rotatable bonds is 3. The Morgan fingerprint density at radius 3 is 2.69 bits per heavy atom. The standard InChI is InChI=1S/C14H22N2/c1-14(9-6-10-15-11-14)12-16(2)13-7-4-3-5-8-13/h3-5,7-8,15H,6,9-12H2,1-2H3. The molecule has 1 unspecified atom stereocenters. The van der Waals surface area contributed by atoms with E-state index < -0.39 is 0 Å². The molecular weight excluding hydrogens is 196 g/mol. The number of anilines is 1. The van der Waals surface area contributed by atoms with Gasteiger partial charge in [0.1, 0.15) is 0 Å². The van der Waals surface area contributed by atoms with Gasteiger partial charge in [-0.15, -0.1) is 0 Å². The van der Waals surface area contributed by atoms with Crippen molar-refractivity contribution in [2.45, 2.75) is 19.8 Å². The second-order valence-corrected chi connectivity index (χ2v) is 5.28. The highest BCUT2D eigenvalue weighted by atomic mass is 15.1. The normalized spacial score (nSPS) is 25.4. The SMILES string of the molecule is CN(CC1(C)CCCNC1)c1ccccc1. The van der Waals surface area contributed by atoms with E-state index in [1.165, 1.54) is 25.1 Å². The van der Waals surface area contributed by atoms with E-state index >= 15 is 0 Å². The first-order valence-corrected chi connectivity index (χ1v) is 6.17. The third-order valence-corrected chi connectivity index (χ3v) is 3.50. The van der Waals surface area contributed by atoms with Crippen LogP contribution in [0.4, 0.5) is 5.69 Å². The Morgan fingerprint density at radius 2 is 2.06 bits per heavy atom. The lowest BCUT2D eigenvalue weighted by Gasteiger charge is -2.38. The molecule has 0 aliphatic carbocycles. The molecule has 0 saturated carbocycles. The van der Waals surface area contributed by atoms with Crippen molar-refractivity contribution >= 4 is 5.69 Å². The zero-order chi connectivity index (χ0) is 11.4. The van der Waals surface area contributed by atoms with Crippen LogP contribution in [0.3, 0.4) is 0 Å². The second-order valence-electron chi connectivity index (χ2n) is 5.28. The first-order valence-electron chi connectivity index (χ1n) is 6.17. The maximum Gasteiger partial charge on any atom is 0.0363 e. The average Bonchev–Trinajstić information content (AvgIpc) is 2.30. The van der Waals surface area contributed by atoms with E-state index in [1.54, 1.807) is 0 Å². The molecule has 1 heterocycles. The summed E-state index contributed by atoms with van der Waals surface area (Å²) >= 11 is 0. The van der Waals surface area contributed by atoms with Gasteiger partial charge < -0.3 is 10.2 Å². The Bertz CT molecular complexity index is 315. The summed E-state index contributed by atoms with van der Waals surface area (Å²) in [5.41, 5.74) is 1.73. The molecule has 0 amide bonds. The lowest BCUT2D eigenvalue weighted by Crippen LogP contribution is -2.44. The molecule has 1 aliphatic rings. The molecule has 2 nitrogen and oxygen atoms in total. The van der Waals surface area contributed by atoms with Crippen LogP contribution in [0.25, 0.3) is 0 Å². The number of para-hydroxylation sites is 1.